The average Bonchev–Trinajstić information content (AvgIpc) is 2.98. The molecule has 0 amide bonds. The van der Waals surface area contributed by atoms with Crippen LogP contribution in [0, 0.1) is 0 Å². The zero-order valence-corrected chi connectivity index (χ0v) is 18.9. The molecule has 0 bridgehead atoms. The van der Waals surface area contributed by atoms with Gasteiger partial charge in [-0.3, -0.25) is 4.90 Å². The highest BCUT2D eigenvalue weighted by Crippen LogP contribution is 2.40. The standard InChI is InChI=1S/C21H36N2O3Si/c1-20(2,3)27(6,7)24-14-17-19-18(25-21(4,5)26-19)13-23(17)12-15-8-10-16(22)11-9-15/h8-11,17-19H,12-14,22H2,1-7H3/t17-,18+,19-/m1/s1. The van der Waals surface area contributed by atoms with Crippen LogP contribution < -0.4 is 5.73 Å². The molecule has 0 aromatic heterocycles. The molecule has 2 aliphatic heterocycles. The molecule has 0 radical (unpaired) electrons. The lowest BCUT2D eigenvalue weighted by atomic mass is 10.1. The van der Waals surface area contributed by atoms with E-state index in [1.54, 1.807) is 0 Å². The molecule has 27 heavy (non-hydrogen) atoms. The lowest BCUT2D eigenvalue weighted by molar-refractivity contribution is -0.163. The monoisotopic (exact) mass is 392 g/mol. The summed E-state index contributed by atoms with van der Waals surface area (Å²) >= 11 is 0. The van der Waals surface area contributed by atoms with E-state index < -0.39 is 14.1 Å². The van der Waals surface area contributed by atoms with Gasteiger partial charge in [0.25, 0.3) is 0 Å². The highest BCUT2D eigenvalue weighted by molar-refractivity contribution is 6.74. The van der Waals surface area contributed by atoms with E-state index in [-0.39, 0.29) is 23.3 Å². The number of rotatable bonds is 5. The molecular formula is C21H36N2O3Si. The third-order valence-electron chi connectivity index (χ3n) is 6.27. The van der Waals surface area contributed by atoms with Gasteiger partial charge in [-0.1, -0.05) is 32.9 Å². The molecule has 2 saturated heterocycles. The summed E-state index contributed by atoms with van der Waals surface area (Å²) < 4.78 is 19.0. The average molecular weight is 393 g/mol. The minimum atomic E-state index is -1.82. The number of likely N-dealkylation sites (tertiary alicyclic amines) is 1. The third kappa shape index (κ3) is 4.57. The SMILES string of the molecule is CC1(C)O[C@H]2[C@H](CN(Cc3ccc(N)cc3)[C@@H]2CO[Si](C)(C)C(C)(C)C)O1. The van der Waals surface area contributed by atoms with Gasteiger partial charge in [0.1, 0.15) is 12.2 Å². The van der Waals surface area contributed by atoms with Gasteiger partial charge in [0, 0.05) is 18.8 Å². The van der Waals surface area contributed by atoms with Crippen molar-refractivity contribution in [2.75, 3.05) is 18.9 Å². The molecular weight excluding hydrogens is 356 g/mol. The van der Waals surface area contributed by atoms with Crippen molar-refractivity contribution in [1.29, 1.82) is 0 Å². The first-order valence-electron chi connectivity index (χ1n) is 9.96. The molecule has 0 aliphatic carbocycles. The van der Waals surface area contributed by atoms with Crippen LogP contribution in [0.3, 0.4) is 0 Å². The van der Waals surface area contributed by atoms with Crippen LogP contribution in [0.4, 0.5) is 5.69 Å². The lowest BCUT2D eigenvalue weighted by Crippen LogP contribution is -2.47. The van der Waals surface area contributed by atoms with Crippen molar-refractivity contribution in [2.24, 2.45) is 0 Å². The van der Waals surface area contributed by atoms with E-state index in [1.807, 2.05) is 26.0 Å². The van der Waals surface area contributed by atoms with Crippen molar-refractivity contribution >= 4 is 14.0 Å². The Morgan fingerprint density at radius 2 is 1.81 bits per heavy atom. The predicted molar refractivity (Wildman–Crippen MR) is 112 cm³/mol. The second kappa shape index (κ2) is 7.15. The van der Waals surface area contributed by atoms with Gasteiger partial charge in [-0.05, 0) is 49.7 Å². The maximum Gasteiger partial charge on any atom is 0.192 e. The molecule has 1 aromatic carbocycles. The number of nitrogen functional groups attached to an aromatic ring is 1. The van der Waals surface area contributed by atoms with Crippen LogP contribution in [0.1, 0.15) is 40.2 Å². The number of fused-ring (bicyclic) bond motifs is 1. The second-order valence-corrected chi connectivity index (χ2v) is 14.8. The number of anilines is 1. The first kappa shape index (κ1) is 20.8. The van der Waals surface area contributed by atoms with Crippen molar-refractivity contribution in [3.63, 3.8) is 0 Å². The number of benzene rings is 1. The molecule has 1 aromatic rings. The minimum absolute atomic E-state index is 0.0542. The Kier molecular flexibility index (Phi) is 5.51. The number of nitrogens with zero attached hydrogens (tertiary/aromatic N) is 1. The number of hydrogen-bond acceptors (Lipinski definition) is 5. The van der Waals surface area contributed by atoms with Gasteiger partial charge < -0.3 is 19.6 Å². The third-order valence-corrected chi connectivity index (χ3v) is 10.8. The van der Waals surface area contributed by atoms with Crippen LogP contribution in [-0.2, 0) is 20.4 Å². The summed E-state index contributed by atoms with van der Waals surface area (Å²) in [5.74, 6) is -0.516. The van der Waals surface area contributed by atoms with Gasteiger partial charge in [-0.15, -0.1) is 0 Å². The van der Waals surface area contributed by atoms with Gasteiger partial charge in [0.05, 0.1) is 12.6 Å². The fourth-order valence-corrected chi connectivity index (χ4v) is 4.68. The van der Waals surface area contributed by atoms with Crippen molar-refractivity contribution in [2.45, 2.75) is 83.3 Å². The van der Waals surface area contributed by atoms with Crippen molar-refractivity contribution in [1.82, 2.24) is 4.90 Å². The summed E-state index contributed by atoms with van der Waals surface area (Å²) in [6.07, 6.45) is 0.153. The molecule has 5 nitrogen and oxygen atoms in total. The molecule has 2 heterocycles. The molecule has 0 saturated carbocycles. The van der Waals surface area contributed by atoms with E-state index >= 15 is 0 Å². The van der Waals surface area contributed by atoms with E-state index in [9.17, 15) is 0 Å². The maximum absolute atomic E-state index is 6.58. The molecule has 2 N–H and O–H groups in total. The van der Waals surface area contributed by atoms with Crippen LogP contribution in [0.2, 0.25) is 18.1 Å². The van der Waals surface area contributed by atoms with Crippen LogP contribution in [0.15, 0.2) is 24.3 Å². The van der Waals surface area contributed by atoms with Crippen LogP contribution in [-0.4, -0.2) is 50.4 Å². The van der Waals surface area contributed by atoms with Gasteiger partial charge in [0.2, 0.25) is 0 Å². The molecule has 2 aliphatic rings. The quantitative estimate of drug-likeness (QED) is 0.606. The Hall–Kier alpha value is -0.923. The topological polar surface area (TPSA) is 57.0 Å². The van der Waals surface area contributed by atoms with Gasteiger partial charge in [-0.25, -0.2) is 0 Å². The van der Waals surface area contributed by atoms with Crippen LogP contribution >= 0.6 is 0 Å². The Morgan fingerprint density at radius 1 is 1.19 bits per heavy atom. The summed E-state index contributed by atoms with van der Waals surface area (Å²) in [4.78, 5) is 2.45. The molecule has 6 heteroatoms. The zero-order valence-electron chi connectivity index (χ0n) is 17.9. The maximum atomic E-state index is 6.58. The number of ether oxygens (including phenoxy) is 2. The van der Waals surface area contributed by atoms with Gasteiger partial charge >= 0.3 is 0 Å². The molecule has 3 atom stereocenters. The Bertz CT molecular complexity index is 654. The van der Waals surface area contributed by atoms with Crippen molar-refractivity contribution in [3.05, 3.63) is 29.8 Å². The molecule has 0 unspecified atom stereocenters. The highest BCUT2D eigenvalue weighted by Gasteiger charge is 2.53. The van der Waals surface area contributed by atoms with Crippen LogP contribution in [0.25, 0.3) is 0 Å². The van der Waals surface area contributed by atoms with Gasteiger partial charge in [0.15, 0.2) is 14.1 Å². The summed E-state index contributed by atoms with van der Waals surface area (Å²) in [6, 6.07) is 8.32. The Balaban J connectivity index is 1.75. The second-order valence-electron chi connectivity index (χ2n) is 9.95. The summed E-state index contributed by atoms with van der Waals surface area (Å²) in [5, 5.41) is 0.194. The first-order chi connectivity index (χ1) is 12.4. The number of hydrogen-bond donors (Lipinski definition) is 1. The van der Waals surface area contributed by atoms with Crippen molar-refractivity contribution < 1.29 is 13.9 Å². The normalized spacial score (nSPS) is 28.5. The fourth-order valence-electron chi connectivity index (χ4n) is 3.65. The predicted octanol–water partition coefficient (Wildman–Crippen LogP) is 3.99. The molecule has 152 valence electrons. The van der Waals surface area contributed by atoms with Crippen molar-refractivity contribution in [3.8, 4) is 0 Å². The van der Waals surface area contributed by atoms with E-state index in [1.165, 1.54) is 5.56 Å². The Labute approximate surface area is 165 Å². The van der Waals surface area contributed by atoms with E-state index in [0.717, 1.165) is 18.8 Å². The molecule has 3 rings (SSSR count). The van der Waals surface area contributed by atoms with Gasteiger partial charge in [-0.2, -0.15) is 0 Å². The van der Waals surface area contributed by atoms with Crippen LogP contribution in [0.5, 0.6) is 0 Å². The fraction of sp³-hybridized carbons (Fsp3) is 0.714. The summed E-state index contributed by atoms with van der Waals surface area (Å²) in [5.41, 5.74) is 7.88. The zero-order chi connectivity index (χ0) is 20.0. The smallest absolute Gasteiger partial charge is 0.192 e. The minimum Gasteiger partial charge on any atom is -0.415 e. The molecule has 2 fully saturated rings. The number of nitrogens with two attached hydrogens (primary N) is 1. The Morgan fingerprint density at radius 3 is 2.41 bits per heavy atom. The van der Waals surface area contributed by atoms with E-state index in [4.69, 9.17) is 19.6 Å². The highest BCUT2D eigenvalue weighted by atomic mass is 28.4. The summed E-state index contributed by atoms with van der Waals surface area (Å²) in [7, 11) is -1.82. The van der Waals surface area contributed by atoms with E-state index in [2.05, 4.69) is 50.9 Å². The first-order valence-corrected chi connectivity index (χ1v) is 12.9. The largest absolute Gasteiger partial charge is 0.415 e. The lowest BCUT2D eigenvalue weighted by Gasteiger charge is -2.38. The summed E-state index contributed by atoms with van der Waals surface area (Å²) in [6.45, 7) is 17.9. The van der Waals surface area contributed by atoms with E-state index in [0.29, 0.717) is 6.61 Å². The molecule has 0 spiro atoms.